The number of rotatable bonds is 10. The monoisotopic (exact) mass is 503 g/mol. The molecule has 2 aromatic rings. The minimum Gasteiger partial charge on any atom is -0.480 e. The summed E-state index contributed by atoms with van der Waals surface area (Å²) in [5, 5.41) is 31.1. The average molecular weight is 504 g/mol. The Morgan fingerprint density at radius 3 is 2.31 bits per heavy atom. The minimum atomic E-state index is -1.26. The van der Waals surface area contributed by atoms with E-state index in [1.807, 2.05) is 13.8 Å². The number of carbonyl (C=O) groups is 3. The fourth-order valence-corrected chi connectivity index (χ4v) is 3.23. The Labute approximate surface area is 208 Å². The number of benzene rings is 1. The number of amidine groups is 1. The second-order valence-corrected chi connectivity index (χ2v) is 9.65. The minimum absolute atomic E-state index is 0.0257. The van der Waals surface area contributed by atoms with Gasteiger partial charge in [-0.25, -0.2) is 14.6 Å². The smallest absolute Gasteiger partial charge is 0.408 e. The fourth-order valence-electron chi connectivity index (χ4n) is 3.23. The van der Waals surface area contributed by atoms with Crippen LogP contribution in [0.3, 0.4) is 0 Å². The van der Waals surface area contributed by atoms with Crippen molar-refractivity contribution in [2.24, 2.45) is 5.92 Å². The Morgan fingerprint density at radius 1 is 1.14 bits per heavy atom. The van der Waals surface area contributed by atoms with Gasteiger partial charge in [-0.1, -0.05) is 38.1 Å². The Morgan fingerprint density at radius 2 is 1.78 bits per heavy atom. The summed E-state index contributed by atoms with van der Waals surface area (Å²) in [6.45, 7) is 9.12. The van der Waals surface area contributed by atoms with Crippen molar-refractivity contribution in [3.63, 3.8) is 0 Å². The van der Waals surface area contributed by atoms with Gasteiger partial charge in [0.15, 0.2) is 5.69 Å². The van der Waals surface area contributed by atoms with E-state index >= 15 is 0 Å². The number of aromatic nitrogens is 1. The predicted octanol–water partition coefficient (Wildman–Crippen LogP) is 3.02. The van der Waals surface area contributed by atoms with Gasteiger partial charge in [0, 0.05) is 12.0 Å². The van der Waals surface area contributed by atoms with Crippen molar-refractivity contribution in [2.45, 2.75) is 65.1 Å². The fraction of sp³-hybridized carbons (Fsp3) is 0.458. The first kappa shape index (κ1) is 28.3. The van der Waals surface area contributed by atoms with Crippen molar-refractivity contribution in [1.29, 1.82) is 5.41 Å². The van der Waals surface area contributed by atoms with Gasteiger partial charge < -0.3 is 24.9 Å². The van der Waals surface area contributed by atoms with E-state index in [0.29, 0.717) is 17.5 Å². The molecule has 6 N–H and O–H groups in total. The second kappa shape index (κ2) is 12.2. The Bertz CT molecular complexity index is 1070. The molecule has 0 aliphatic rings. The van der Waals surface area contributed by atoms with Crippen LogP contribution in [0.15, 0.2) is 34.9 Å². The Balaban J connectivity index is 2.12. The number of hydrogen-bond acceptors (Lipinski definition) is 8. The van der Waals surface area contributed by atoms with Crippen LogP contribution >= 0.6 is 0 Å². The van der Waals surface area contributed by atoms with Crippen molar-refractivity contribution in [3.05, 3.63) is 53.2 Å². The van der Waals surface area contributed by atoms with Crippen LogP contribution in [0, 0.1) is 11.3 Å². The van der Waals surface area contributed by atoms with E-state index in [9.17, 15) is 19.5 Å². The number of nitrogens with one attached hydrogen (secondary N) is 4. The zero-order chi connectivity index (χ0) is 27.0. The van der Waals surface area contributed by atoms with Crippen LogP contribution in [-0.2, 0) is 16.0 Å². The number of aliphatic carboxylic acids is 1. The summed E-state index contributed by atoms with van der Waals surface area (Å²) in [4.78, 5) is 40.9. The van der Waals surface area contributed by atoms with Crippen LogP contribution in [0.5, 0.6) is 0 Å². The molecule has 0 spiro atoms. The van der Waals surface area contributed by atoms with Gasteiger partial charge in [0.25, 0.3) is 5.91 Å². The van der Waals surface area contributed by atoms with Gasteiger partial charge in [-0.2, -0.15) is 0 Å². The molecule has 36 heavy (non-hydrogen) atoms. The van der Waals surface area contributed by atoms with Gasteiger partial charge in [-0.15, -0.1) is 0 Å². The van der Waals surface area contributed by atoms with Crippen LogP contribution < -0.4 is 16.1 Å². The van der Waals surface area contributed by atoms with Gasteiger partial charge in [-0.05, 0) is 38.7 Å². The third kappa shape index (κ3) is 8.69. The highest BCUT2D eigenvalue weighted by molar-refractivity contribution is 5.96. The molecule has 196 valence electrons. The second-order valence-electron chi connectivity index (χ2n) is 9.65. The number of nitrogens with zero attached hydrogens (tertiary/aromatic N) is 1. The molecular formula is C24H33N5O7. The summed E-state index contributed by atoms with van der Waals surface area (Å²) < 4.78 is 10.7. The highest BCUT2D eigenvalue weighted by Gasteiger charge is 2.27. The molecule has 1 aromatic heterocycles. The maximum Gasteiger partial charge on any atom is 0.408 e. The molecule has 0 fully saturated rings. The van der Waals surface area contributed by atoms with E-state index in [4.69, 9.17) is 19.8 Å². The first-order chi connectivity index (χ1) is 16.8. The van der Waals surface area contributed by atoms with E-state index in [1.54, 1.807) is 38.4 Å². The highest BCUT2D eigenvalue weighted by Crippen LogP contribution is 2.22. The van der Waals surface area contributed by atoms with Crippen molar-refractivity contribution in [2.75, 3.05) is 0 Å². The van der Waals surface area contributed by atoms with E-state index in [2.05, 4.69) is 15.6 Å². The number of alkyl carbamates (subject to hydrolysis) is 1. The summed E-state index contributed by atoms with van der Waals surface area (Å²) >= 11 is 0. The van der Waals surface area contributed by atoms with Crippen molar-refractivity contribution in [3.8, 4) is 0 Å². The Kier molecular flexibility index (Phi) is 9.56. The molecule has 1 heterocycles. The lowest BCUT2D eigenvalue weighted by atomic mass is 10.0. The normalized spacial score (nSPS) is 13.0. The van der Waals surface area contributed by atoms with E-state index in [1.165, 1.54) is 12.1 Å². The van der Waals surface area contributed by atoms with Crippen LogP contribution in [0.1, 0.15) is 74.6 Å². The summed E-state index contributed by atoms with van der Waals surface area (Å²) in [5.41, 5.74) is 1.90. The Hall–Kier alpha value is -3.93. The summed E-state index contributed by atoms with van der Waals surface area (Å²) in [6, 6.07) is 4.36. The van der Waals surface area contributed by atoms with Gasteiger partial charge in [0.1, 0.15) is 29.8 Å². The lowest BCUT2D eigenvalue weighted by molar-refractivity contribution is -0.139. The molecule has 0 radical (unpaired) electrons. The molecule has 0 aliphatic carbocycles. The zero-order valence-electron chi connectivity index (χ0n) is 20.9. The number of hydrogen-bond donors (Lipinski definition) is 6. The molecule has 2 amide bonds. The van der Waals surface area contributed by atoms with Gasteiger partial charge in [0.2, 0.25) is 5.89 Å². The molecule has 0 saturated heterocycles. The molecule has 0 bridgehead atoms. The van der Waals surface area contributed by atoms with Crippen molar-refractivity contribution >= 4 is 23.8 Å². The highest BCUT2D eigenvalue weighted by atomic mass is 16.6. The third-order valence-electron chi connectivity index (χ3n) is 4.85. The van der Waals surface area contributed by atoms with Crippen LogP contribution in [0.4, 0.5) is 4.79 Å². The van der Waals surface area contributed by atoms with Gasteiger partial charge in [0.05, 0.1) is 0 Å². The maximum absolute atomic E-state index is 12.7. The molecule has 2 rings (SSSR count). The lowest BCUT2D eigenvalue weighted by Gasteiger charge is -2.23. The molecular weight excluding hydrogens is 470 g/mol. The third-order valence-corrected chi connectivity index (χ3v) is 4.85. The molecule has 0 aliphatic heterocycles. The standard InChI is InChI=1S/C24H33N5O7/c1-13(2)10-16(28-23(33)36-24(3,4)5)21-27-18(12-35-21)20(30)26-17(22(31)32)11-14-6-8-15(9-7-14)19(25)29-34/h6-9,12-13,16-17,34H,10-11H2,1-5H3,(H2,25,29)(H,26,30)(H,28,33)(H,31,32)/t16-,17-/m0/s1. The summed E-state index contributed by atoms with van der Waals surface area (Å²) in [5.74, 6) is -1.94. The number of ether oxygens (including phenoxy) is 1. The van der Waals surface area contributed by atoms with Crippen LogP contribution in [0.2, 0.25) is 0 Å². The number of carbonyl (C=O) groups excluding carboxylic acids is 2. The molecule has 12 heteroatoms. The molecule has 12 nitrogen and oxygen atoms in total. The molecule has 0 unspecified atom stereocenters. The molecule has 1 aromatic carbocycles. The van der Waals surface area contributed by atoms with Crippen LogP contribution in [-0.4, -0.2) is 50.7 Å². The first-order valence-corrected chi connectivity index (χ1v) is 11.4. The predicted molar refractivity (Wildman–Crippen MR) is 129 cm³/mol. The number of carboxylic acids is 1. The van der Waals surface area contributed by atoms with Gasteiger partial charge in [-0.3, -0.25) is 20.9 Å². The first-order valence-electron chi connectivity index (χ1n) is 11.4. The van der Waals surface area contributed by atoms with E-state index in [-0.39, 0.29) is 29.8 Å². The molecule has 2 atom stereocenters. The van der Waals surface area contributed by atoms with Crippen molar-refractivity contribution < 1.29 is 33.9 Å². The zero-order valence-corrected chi connectivity index (χ0v) is 20.9. The lowest BCUT2D eigenvalue weighted by Crippen LogP contribution is -2.42. The number of carboxylic acid groups (broad SMARTS) is 1. The quantitative estimate of drug-likeness (QED) is 0.161. The van der Waals surface area contributed by atoms with Crippen molar-refractivity contribution in [1.82, 2.24) is 21.1 Å². The largest absolute Gasteiger partial charge is 0.480 e. The SMILES string of the molecule is CC(C)C[C@H](NC(=O)OC(C)(C)C)c1nc(C(=O)N[C@@H](Cc2ccc(C(=N)NO)cc2)C(=O)O)co1. The number of oxazole rings is 1. The summed E-state index contributed by atoms with van der Waals surface area (Å²) in [7, 11) is 0. The topological polar surface area (TPSA) is 187 Å². The van der Waals surface area contributed by atoms with Gasteiger partial charge >= 0.3 is 12.1 Å². The number of hydroxylamine groups is 1. The molecule has 0 saturated carbocycles. The van der Waals surface area contributed by atoms with E-state index < -0.39 is 35.7 Å². The maximum atomic E-state index is 12.7. The number of amides is 2. The average Bonchev–Trinajstić information content (AvgIpc) is 3.27. The summed E-state index contributed by atoms with van der Waals surface area (Å²) in [6.07, 6.45) is 0.898. The van der Waals surface area contributed by atoms with E-state index in [0.717, 1.165) is 6.26 Å². The van der Waals surface area contributed by atoms with Crippen LogP contribution in [0.25, 0.3) is 0 Å².